The van der Waals surface area contributed by atoms with E-state index in [1.54, 1.807) is 0 Å². The maximum atomic E-state index is 9.86. The molecule has 8 atom stereocenters. The molecule has 5 nitrogen and oxygen atoms in total. The third-order valence-corrected chi connectivity index (χ3v) is 16.8. The number of aromatic nitrogens is 4. The average molecular weight is 876 g/mol. The molecule has 2 heterocycles. The van der Waals surface area contributed by atoms with Crippen LogP contribution in [-0.4, -0.2) is 19.5 Å². The topological polar surface area (TPSA) is 67.4 Å². The molecule has 6 aromatic carbocycles. The molecular formula is C62H61N5. The Kier molecular flexibility index (Phi) is 10.3. The highest BCUT2D eigenvalue weighted by molar-refractivity contribution is 6.15. The van der Waals surface area contributed by atoms with Crippen molar-refractivity contribution in [1.82, 2.24) is 19.5 Å². The molecule has 0 N–H and O–H groups in total. The van der Waals surface area contributed by atoms with Gasteiger partial charge in [0.15, 0.2) is 17.5 Å². The van der Waals surface area contributed by atoms with Gasteiger partial charge < -0.3 is 4.57 Å². The monoisotopic (exact) mass is 875 g/mol. The van der Waals surface area contributed by atoms with Crippen LogP contribution in [0.4, 0.5) is 0 Å². The molecule has 0 saturated heterocycles. The van der Waals surface area contributed by atoms with Gasteiger partial charge in [-0.15, -0.1) is 0 Å². The fourth-order valence-electron chi connectivity index (χ4n) is 14.9. The Bertz CT molecular complexity index is 3170. The lowest BCUT2D eigenvalue weighted by Crippen LogP contribution is -2.42. The van der Waals surface area contributed by atoms with Crippen LogP contribution in [0.2, 0.25) is 0 Å². The van der Waals surface area contributed by atoms with E-state index in [0.717, 1.165) is 85.3 Å². The number of hydrogen-bond acceptors (Lipinski definition) is 4. The Morgan fingerprint density at radius 3 is 1.63 bits per heavy atom. The zero-order valence-corrected chi connectivity index (χ0v) is 39.6. The molecule has 4 bridgehead atoms. The van der Waals surface area contributed by atoms with E-state index in [-0.39, 0.29) is 5.41 Å². The Labute approximate surface area is 396 Å². The number of para-hydroxylation sites is 1. The lowest BCUT2D eigenvalue weighted by atomic mass is 9.54. The molecule has 8 aromatic rings. The second-order valence-electron chi connectivity index (χ2n) is 22.1. The molecule has 4 aliphatic rings. The minimum Gasteiger partial charge on any atom is -0.309 e. The lowest BCUT2D eigenvalue weighted by Gasteiger charge is -2.50. The zero-order valence-electron chi connectivity index (χ0n) is 39.6. The number of nitrogens with zero attached hydrogens (tertiary/aromatic N) is 5. The van der Waals surface area contributed by atoms with Crippen LogP contribution < -0.4 is 0 Å². The van der Waals surface area contributed by atoms with Crippen molar-refractivity contribution in [3.8, 4) is 57.0 Å². The Morgan fingerprint density at radius 1 is 0.478 bits per heavy atom. The van der Waals surface area contributed by atoms with Gasteiger partial charge in [-0.3, -0.25) is 0 Å². The summed E-state index contributed by atoms with van der Waals surface area (Å²) in [4.78, 5) is 16.1. The molecule has 4 fully saturated rings. The van der Waals surface area contributed by atoms with Crippen LogP contribution in [-0.2, 0) is 10.8 Å². The Balaban J connectivity index is 0.979. The first-order valence-electron chi connectivity index (χ1n) is 25.2. The van der Waals surface area contributed by atoms with E-state index >= 15 is 0 Å². The minimum absolute atomic E-state index is 0.245. The van der Waals surface area contributed by atoms with Gasteiger partial charge in [-0.25, -0.2) is 15.0 Å². The van der Waals surface area contributed by atoms with Gasteiger partial charge in [0.2, 0.25) is 0 Å². The number of fused-ring (bicyclic) bond motifs is 7. The summed E-state index contributed by atoms with van der Waals surface area (Å²) < 4.78 is 2.26. The highest BCUT2D eigenvalue weighted by Gasteiger charge is 2.46. The molecule has 0 spiro atoms. The van der Waals surface area contributed by atoms with E-state index in [2.05, 4.69) is 160 Å². The average Bonchev–Trinajstić information content (AvgIpc) is 3.68. The summed E-state index contributed by atoms with van der Waals surface area (Å²) in [6, 6.07) is 52.8. The standard InChI is InChI=1S/C62H61N5/c1-39-26-44-27-40(2)33-61(32-39,36-44)50-22-18-46(19-23-50)48-11-8-12-49(31-48)59-64-58(47-20-24-51(25-21-47)62-34-41(3)28-45(37-62)29-42(4)35-62)65-60(66-59)54-15-9-17-56-57(54)53-14-5-6-16-55(53)67(56)52-13-7-10-43(30-52)38-63/h5-25,30-31,39-42,44-45H,26-29,32-37H2,1-4H3/t39-,40+,41-,42+,44-,45-,61?,62?. The predicted molar refractivity (Wildman–Crippen MR) is 274 cm³/mol. The van der Waals surface area contributed by atoms with Gasteiger partial charge in [-0.2, -0.15) is 5.26 Å². The molecule has 4 aliphatic carbocycles. The molecule has 12 rings (SSSR count). The first-order chi connectivity index (χ1) is 32.6. The van der Waals surface area contributed by atoms with Crippen molar-refractivity contribution in [3.05, 3.63) is 156 Å². The minimum atomic E-state index is 0.245. The summed E-state index contributed by atoms with van der Waals surface area (Å²) in [5.74, 6) is 6.72. The van der Waals surface area contributed by atoms with Gasteiger partial charge in [0.25, 0.3) is 0 Å². The summed E-state index contributed by atoms with van der Waals surface area (Å²) in [5.41, 5.74) is 12.5. The first kappa shape index (κ1) is 42.0. The highest BCUT2D eigenvalue weighted by atomic mass is 15.0. The molecule has 0 amide bonds. The summed E-state index contributed by atoms with van der Waals surface area (Å²) >= 11 is 0. The third kappa shape index (κ3) is 7.48. The lowest BCUT2D eigenvalue weighted by molar-refractivity contribution is 0.0779. The van der Waals surface area contributed by atoms with E-state index in [1.165, 1.54) is 80.9 Å². The molecule has 0 aliphatic heterocycles. The maximum absolute atomic E-state index is 9.86. The van der Waals surface area contributed by atoms with Crippen molar-refractivity contribution in [1.29, 1.82) is 5.26 Å². The zero-order chi connectivity index (χ0) is 45.4. The summed E-state index contributed by atoms with van der Waals surface area (Å²) in [5, 5.41) is 12.0. The van der Waals surface area contributed by atoms with Crippen molar-refractivity contribution >= 4 is 21.8 Å². The van der Waals surface area contributed by atoms with Gasteiger partial charge in [-0.1, -0.05) is 131 Å². The van der Waals surface area contributed by atoms with Crippen molar-refractivity contribution in [2.24, 2.45) is 35.5 Å². The maximum Gasteiger partial charge on any atom is 0.164 e. The van der Waals surface area contributed by atoms with Crippen molar-refractivity contribution in [2.45, 2.75) is 103 Å². The largest absolute Gasteiger partial charge is 0.309 e. The van der Waals surface area contributed by atoms with Crippen LogP contribution in [0.15, 0.2) is 140 Å². The molecule has 334 valence electrons. The fourth-order valence-corrected chi connectivity index (χ4v) is 14.9. The fraction of sp³-hybridized carbons (Fsp3) is 0.355. The van der Waals surface area contributed by atoms with E-state index in [4.69, 9.17) is 15.0 Å². The van der Waals surface area contributed by atoms with Crippen LogP contribution >= 0.6 is 0 Å². The third-order valence-electron chi connectivity index (χ3n) is 16.8. The molecule has 5 heteroatoms. The SMILES string of the molecule is C[C@@H]1C[C@@H]2C[C@H](C)CC(c3ccc(-c4cccc(-c5nc(-c6ccc(C78C[C@H](C)C[C@H](C[C@H](C)C7)C8)cc6)nc(-c6cccc7c6c6ccccc6n7-c6cccc(C#N)c6)n5)c4)cc3)(C1)C2. The molecule has 4 saturated carbocycles. The number of nitriles is 1. The van der Waals surface area contributed by atoms with E-state index in [9.17, 15) is 5.26 Å². The Hall–Kier alpha value is -6.38. The van der Waals surface area contributed by atoms with Crippen LogP contribution in [0, 0.1) is 46.8 Å². The van der Waals surface area contributed by atoms with Crippen LogP contribution in [0.1, 0.15) is 109 Å². The molecule has 67 heavy (non-hydrogen) atoms. The van der Waals surface area contributed by atoms with Gasteiger partial charge in [0.05, 0.1) is 22.7 Å². The van der Waals surface area contributed by atoms with E-state index in [0.29, 0.717) is 28.5 Å². The Morgan fingerprint density at radius 2 is 1.00 bits per heavy atom. The van der Waals surface area contributed by atoms with Crippen molar-refractivity contribution < 1.29 is 0 Å². The summed E-state index contributed by atoms with van der Waals surface area (Å²) in [6.45, 7) is 9.88. The first-order valence-corrected chi connectivity index (χ1v) is 25.2. The van der Waals surface area contributed by atoms with Crippen molar-refractivity contribution in [2.75, 3.05) is 0 Å². The smallest absolute Gasteiger partial charge is 0.164 e. The summed E-state index contributed by atoms with van der Waals surface area (Å²) in [7, 11) is 0. The van der Waals surface area contributed by atoms with E-state index < -0.39 is 0 Å². The second kappa shape index (κ2) is 16.4. The molecule has 0 radical (unpaired) electrons. The van der Waals surface area contributed by atoms with Crippen LogP contribution in [0.25, 0.3) is 72.8 Å². The van der Waals surface area contributed by atoms with Crippen LogP contribution in [0.3, 0.4) is 0 Å². The van der Waals surface area contributed by atoms with Crippen molar-refractivity contribution in [3.63, 3.8) is 0 Å². The van der Waals surface area contributed by atoms with Gasteiger partial charge in [0.1, 0.15) is 0 Å². The number of hydrogen-bond donors (Lipinski definition) is 0. The second-order valence-corrected chi connectivity index (χ2v) is 22.1. The molecule has 2 unspecified atom stereocenters. The highest BCUT2D eigenvalue weighted by Crippen LogP contribution is 2.55. The van der Waals surface area contributed by atoms with Gasteiger partial charge in [0, 0.05) is 33.2 Å². The normalized spacial score (nSPS) is 26.9. The van der Waals surface area contributed by atoms with Crippen LogP contribution in [0.5, 0.6) is 0 Å². The molecule has 2 aromatic heterocycles. The van der Waals surface area contributed by atoms with Gasteiger partial charge in [-0.05, 0) is 169 Å². The molecular weight excluding hydrogens is 815 g/mol. The summed E-state index contributed by atoms with van der Waals surface area (Å²) in [6.07, 6.45) is 13.3. The number of benzene rings is 6. The quantitative estimate of drug-likeness (QED) is 0.160. The number of rotatable bonds is 7. The van der Waals surface area contributed by atoms with E-state index in [1.807, 2.05) is 18.2 Å². The predicted octanol–water partition coefficient (Wildman–Crippen LogP) is 15.7. The van der Waals surface area contributed by atoms with Gasteiger partial charge >= 0.3 is 0 Å².